The minimum absolute atomic E-state index is 0.0345. The first-order valence-corrected chi connectivity index (χ1v) is 8.84. The van der Waals surface area contributed by atoms with Crippen LogP contribution in [0.3, 0.4) is 0 Å². The van der Waals surface area contributed by atoms with E-state index in [-0.39, 0.29) is 12.1 Å². The third kappa shape index (κ3) is 4.09. The molecule has 1 aromatic heterocycles. The number of hydrogen-bond acceptors (Lipinski definition) is 3. The maximum Gasteiger partial charge on any atom is 0.341 e. The molecule has 144 valence electrons. The zero-order valence-electron chi connectivity index (χ0n) is 14.2. The SMILES string of the molecule is O=C(Cc1c(F)cccc1F)NCc1cc(Br)cc2cc(C(=O)O)c(=O)[nH]c12. The molecule has 3 rings (SSSR count). The predicted octanol–water partition coefficient (Wildman–Crippen LogP) is 3.13. The van der Waals surface area contributed by atoms with Gasteiger partial charge in [0.2, 0.25) is 5.91 Å². The fourth-order valence-electron chi connectivity index (χ4n) is 2.77. The maximum atomic E-state index is 13.7. The lowest BCUT2D eigenvalue weighted by molar-refractivity contribution is -0.120. The Kier molecular flexibility index (Phi) is 5.55. The molecule has 6 nitrogen and oxygen atoms in total. The highest BCUT2D eigenvalue weighted by molar-refractivity contribution is 9.10. The smallest absolute Gasteiger partial charge is 0.341 e. The fourth-order valence-corrected chi connectivity index (χ4v) is 3.29. The molecule has 1 amide bonds. The monoisotopic (exact) mass is 450 g/mol. The molecular weight excluding hydrogens is 438 g/mol. The molecule has 28 heavy (non-hydrogen) atoms. The Morgan fingerprint density at radius 1 is 1.14 bits per heavy atom. The van der Waals surface area contributed by atoms with E-state index < -0.39 is 41.1 Å². The average Bonchev–Trinajstić information content (AvgIpc) is 2.62. The summed E-state index contributed by atoms with van der Waals surface area (Å²) >= 11 is 3.29. The van der Waals surface area contributed by atoms with Crippen molar-refractivity contribution in [2.75, 3.05) is 0 Å². The number of aromatic amines is 1. The zero-order valence-corrected chi connectivity index (χ0v) is 15.8. The van der Waals surface area contributed by atoms with Crippen molar-refractivity contribution < 1.29 is 23.5 Å². The molecule has 0 unspecified atom stereocenters. The number of rotatable bonds is 5. The van der Waals surface area contributed by atoms with E-state index in [1.165, 1.54) is 12.1 Å². The molecule has 0 saturated heterocycles. The molecule has 0 atom stereocenters. The summed E-state index contributed by atoms with van der Waals surface area (Å²) in [6, 6.07) is 7.85. The Morgan fingerprint density at radius 2 is 1.82 bits per heavy atom. The van der Waals surface area contributed by atoms with Crippen molar-refractivity contribution in [1.82, 2.24) is 10.3 Å². The van der Waals surface area contributed by atoms with E-state index in [1.54, 1.807) is 12.1 Å². The van der Waals surface area contributed by atoms with Crippen molar-refractivity contribution in [1.29, 1.82) is 0 Å². The van der Waals surface area contributed by atoms with Gasteiger partial charge >= 0.3 is 5.97 Å². The van der Waals surface area contributed by atoms with Crippen LogP contribution in [0.4, 0.5) is 8.78 Å². The average molecular weight is 451 g/mol. The summed E-state index contributed by atoms with van der Waals surface area (Å²) < 4.78 is 27.9. The lowest BCUT2D eigenvalue weighted by Crippen LogP contribution is -2.26. The summed E-state index contributed by atoms with van der Waals surface area (Å²) in [4.78, 5) is 37.7. The first kappa shape index (κ1) is 19.7. The number of aromatic carboxylic acids is 1. The Morgan fingerprint density at radius 3 is 2.46 bits per heavy atom. The van der Waals surface area contributed by atoms with Crippen LogP contribution in [0.25, 0.3) is 10.9 Å². The van der Waals surface area contributed by atoms with Crippen molar-refractivity contribution >= 4 is 38.7 Å². The Balaban J connectivity index is 1.86. The molecule has 0 aliphatic carbocycles. The van der Waals surface area contributed by atoms with E-state index in [0.29, 0.717) is 20.9 Å². The number of benzene rings is 2. The molecular formula is C19H13BrF2N2O4. The molecule has 0 spiro atoms. The number of carboxylic acids is 1. The zero-order chi connectivity index (χ0) is 20.4. The molecule has 3 N–H and O–H groups in total. The first-order chi connectivity index (χ1) is 13.3. The van der Waals surface area contributed by atoms with Crippen LogP contribution >= 0.6 is 15.9 Å². The summed E-state index contributed by atoms with van der Waals surface area (Å²) in [5.74, 6) is -3.59. The van der Waals surface area contributed by atoms with Gasteiger partial charge in [-0.2, -0.15) is 0 Å². The van der Waals surface area contributed by atoms with Gasteiger partial charge in [-0.3, -0.25) is 9.59 Å². The van der Waals surface area contributed by atoms with Gasteiger partial charge in [-0.05, 0) is 35.9 Å². The molecule has 2 aromatic carbocycles. The van der Waals surface area contributed by atoms with Crippen LogP contribution in [0.1, 0.15) is 21.5 Å². The summed E-state index contributed by atoms with van der Waals surface area (Å²) in [6.45, 7) is -0.0345. The molecule has 3 aromatic rings. The van der Waals surface area contributed by atoms with Crippen LogP contribution in [0.5, 0.6) is 0 Å². The van der Waals surface area contributed by atoms with Crippen LogP contribution in [-0.2, 0) is 17.8 Å². The van der Waals surface area contributed by atoms with Gasteiger partial charge in [-0.25, -0.2) is 13.6 Å². The quantitative estimate of drug-likeness (QED) is 0.555. The minimum Gasteiger partial charge on any atom is -0.477 e. The summed E-state index contributed by atoms with van der Waals surface area (Å²) in [6.07, 6.45) is -0.482. The highest BCUT2D eigenvalue weighted by atomic mass is 79.9. The summed E-state index contributed by atoms with van der Waals surface area (Å²) in [5, 5.41) is 12.1. The number of aromatic nitrogens is 1. The summed E-state index contributed by atoms with van der Waals surface area (Å²) in [5.41, 5.74) is -0.658. The van der Waals surface area contributed by atoms with Gasteiger partial charge in [0.25, 0.3) is 5.56 Å². The lowest BCUT2D eigenvalue weighted by Gasteiger charge is -2.11. The maximum absolute atomic E-state index is 13.7. The summed E-state index contributed by atoms with van der Waals surface area (Å²) in [7, 11) is 0. The molecule has 9 heteroatoms. The Bertz CT molecular complexity index is 1140. The van der Waals surface area contributed by atoms with Gasteiger partial charge in [0.15, 0.2) is 0 Å². The second kappa shape index (κ2) is 7.89. The third-order valence-electron chi connectivity index (χ3n) is 4.10. The van der Waals surface area contributed by atoms with Gasteiger partial charge in [0.1, 0.15) is 17.2 Å². The Hall–Kier alpha value is -3.07. The van der Waals surface area contributed by atoms with Crippen LogP contribution in [0.2, 0.25) is 0 Å². The minimum atomic E-state index is -1.36. The van der Waals surface area contributed by atoms with Gasteiger partial charge in [-0.1, -0.05) is 22.0 Å². The number of H-pyrrole nitrogens is 1. The van der Waals surface area contributed by atoms with Crippen LogP contribution in [0.15, 0.2) is 45.7 Å². The normalized spacial score (nSPS) is 10.8. The number of carbonyl (C=O) groups excluding carboxylic acids is 1. The van der Waals surface area contributed by atoms with Crippen molar-refractivity contribution in [2.24, 2.45) is 0 Å². The van der Waals surface area contributed by atoms with Crippen molar-refractivity contribution in [2.45, 2.75) is 13.0 Å². The van der Waals surface area contributed by atoms with Crippen molar-refractivity contribution in [3.05, 3.63) is 79.5 Å². The highest BCUT2D eigenvalue weighted by Gasteiger charge is 2.15. The molecule has 0 fully saturated rings. The molecule has 0 aliphatic rings. The number of hydrogen-bond donors (Lipinski definition) is 3. The second-order valence-electron chi connectivity index (χ2n) is 6.00. The van der Waals surface area contributed by atoms with Crippen LogP contribution in [-0.4, -0.2) is 22.0 Å². The standard InChI is InChI=1S/C19H13BrF2N2O4/c20-11-4-9-6-13(19(27)28)18(26)24-17(9)10(5-11)8-23-16(25)7-12-14(21)2-1-3-15(12)22/h1-6H,7-8H2,(H,23,25)(H,24,26)(H,27,28). The topological polar surface area (TPSA) is 99.3 Å². The van der Waals surface area contributed by atoms with Gasteiger partial charge in [0.05, 0.1) is 11.9 Å². The number of pyridine rings is 1. The van der Waals surface area contributed by atoms with E-state index in [9.17, 15) is 23.2 Å². The lowest BCUT2D eigenvalue weighted by atomic mass is 10.1. The predicted molar refractivity (Wildman–Crippen MR) is 101 cm³/mol. The number of carbonyl (C=O) groups is 2. The van der Waals surface area contributed by atoms with Gasteiger partial charge < -0.3 is 15.4 Å². The van der Waals surface area contributed by atoms with E-state index in [1.807, 2.05) is 0 Å². The van der Waals surface area contributed by atoms with E-state index >= 15 is 0 Å². The molecule has 0 aliphatic heterocycles. The molecule has 1 heterocycles. The van der Waals surface area contributed by atoms with Crippen molar-refractivity contribution in [3.63, 3.8) is 0 Å². The van der Waals surface area contributed by atoms with Gasteiger partial charge in [0, 0.05) is 22.0 Å². The highest BCUT2D eigenvalue weighted by Crippen LogP contribution is 2.23. The number of halogens is 3. The fraction of sp³-hybridized carbons (Fsp3) is 0.105. The van der Waals surface area contributed by atoms with Crippen molar-refractivity contribution in [3.8, 4) is 0 Å². The van der Waals surface area contributed by atoms with Crippen LogP contribution < -0.4 is 10.9 Å². The van der Waals surface area contributed by atoms with E-state index in [0.717, 1.165) is 12.1 Å². The number of carboxylic acid groups (broad SMARTS) is 1. The molecule has 0 radical (unpaired) electrons. The molecule has 0 saturated carbocycles. The first-order valence-electron chi connectivity index (χ1n) is 8.04. The number of nitrogens with one attached hydrogen (secondary N) is 2. The number of fused-ring (bicyclic) bond motifs is 1. The van der Waals surface area contributed by atoms with Gasteiger partial charge in [-0.15, -0.1) is 0 Å². The molecule has 0 bridgehead atoms. The van der Waals surface area contributed by atoms with Crippen LogP contribution in [0, 0.1) is 11.6 Å². The second-order valence-corrected chi connectivity index (χ2v) is 6.92. The Labute approximate surface area is 165 Å². The largest absolute Gasteiger partial charge is 0.477 e. The van der Waals surface area contributed by atoms with E-state index in [4.69, 9.17) is 5.11 Å². The number of amides is 1. The van der Waals surface area contributed by atoms with E-state index in [2.05, 4.69) is 26.2 Å². The third-order valence-corrected chi connectivity index (χ3v) is 4.56.